The summed E-state index contributed by atoms with van der Waals surface area (Å²) in [6.45, 7) is 3.03. The molecule has 136 valence electrons. The molecule has 25 heavy (non-hydrogen) atoms. The van der Waals surface area contributed by atoms with Crippen LogP contribution in [0, 0.1) is 18.7 Å². The highest BCUT2D eigenvalue weighted by Gasteiger charge is 2.28. The molecule has 2 unspecified atom stereocenters. The van der Waals surface area contributed by atoms with E-state index in [1.165, 1.54) is 26.0 Å². The molecule has 2 atom stereocenters. The molecule has 1 aliphatic rings. The van der Waals surface area contributed by atoms with Crippen molar-refractivity contribution in [3.8, 4) is 0 Å². The Bertz CT molecular complexity index is 671. The van der Waals surface area contributed by atoms with E-state index >= 15 is 0 Å². The minimum absolute atomic E-state index is 0.0785. The van der Waals surface area contributed by atoms with Gasteiger partial charge in [-0.05, 0) is 43.9 Å². The Balaban J connectivity index is 2.02. The number of aliphatic carboxylic acids is 1. The van der Waals surface area contributed by atoms with Gasteiger partial charge in [-0.25, -0.2) is 9.18 Å². The molecule has 0 heterocycles. The average Bonchev–Trinajstić information content (AvgIpc) is 3.09. The van der Waals surface area contributed by atoms with Gasteiger partial charge in [-0.15, -0.1) is 0 Å². The molecule has 2 amide bonds. The summed E-state index contributed by atoms with van der Waals surface area (Å²) in [5, 5.41) is 14.4. The monoisotopic (exact) mass is 350 g/mol. The summed E-state index contributed by atoms with van der Waals surface area (Å²) in [7, 11) is 0. The number of aryl methyl sites for hydroxylation is 1. The smallest absolute Gasteiger partial charge is 0.330 e. The third-order valence-corrected chi connectivity index (χ3v) is 4.53. The van der Waals surface area contributed by atoms with Crippen molar-refractivity contribution >= 4 is 17.8 Å². The fourth-order valence-electron chi connectivity index (χ4n) is 2.99. The van der Waals surface area contributed by atoms with Gasteiger partial charge in [0.05, 0.1) is 0 Å². The lowest BCUT2D eigenvalue weighted by atomic mass is 10.0. The van der Waals surface area contributed by atoms with Crippen LogP contribution in [-0.4, -0.2) is 28.9 Å². The van der Waals surface area contributed by atoms with Crippen molar-refractivity contribution in [1.29, 1.82) is 0 Å². The maximum atomic E-state index is 13.4. The number of amides is 2. The second kappa shape index (κ2) is 8.09. The van der Waals surface area contributed by atoms with Crippen molar-refractivity contribution in [1.82, 2.24) is 10.6 Å². The van der Waals surface area contributed by atoms with Crippen molar-refractivity contribution in [2.24, 2.45) is 5.92 Å². The zero-order valence-corrected chi connectivity index (χ0v) is 14.3. The SMILES string of the molecule is Cc1cc(C(NC(=O)C(C)NC(=O)C2CCCC2)C(=O)O)ccc1F. The number of carbonyl (C=O) groups excluding carboxylic acids is 2. The Hall–Kier alpha value is -2.44. The maximum Gasteiger partial charge on any atom is 0.330 e. The first-order valence-electron chi connectivity index (χ1n) is 8.39. The summed E-state index contributed by atoms with van der Waals surface area (Å²) in [6, 6.07) is 1.71. The molecule has 1 aromatic rings. The van der Waals surface area contributed by atoms with Crippen LogP contribution < -0.4 is 10.6 Å². The molecular weight excluding hydrogens is 327 g/mol. The molecule has 7 heteroatoms. The zero-order valence-electron chi connectivity index (χ0n) is 14.3. The first-order chi connectivity index (χ1) is 11.8. The van der Waals surface area contributed by atoms with Crippen molar-refractivity contribution in [3.63, 3.8) is 0 Å². The van der Waals surface area contributed by atoms with E-state index in [-0.39, 0.29) is 17.4 Å². The van der Waals surface area contributed by atoms with Crippen LogP contribution in [0.25, 0.3) is 0 Å². The van der Waals surface area contributed by atoms with E-state index < -0.39 is 29.8 Å². The minimum atomic E-state index is -1.31. The molecule has 0 saturated heterocycles. The molecule has 1 aromatic carbocycles. The number of nitrogens with one attached hydrogen (secondary N) is 2. The molecule has 1 fully saturated rings. The summed E-state index contributed by atoms with van der Waals surface area (Å²) in [5.74, 6) is -2.55. The van der Waals surface area contributed by atoms with E-state index in [1.807, 2.05) is 0 Å². The number of hydrogen-bond acceptors (Lipinski definition) is 3. The third kappa shape index (κ3) is 4.78. The van der Waals surface area contributed by atoms with Crippen LogP contribution in [0.4, 0.5) is 4.39 Å². The fraction of sp³-hybridized carbons (Fsp3) is 0.500. The Labute approximate surface area is 145 Å². The molecule has 2 rings (SSSR count). The molecule has 0 radical (unpaired) electrons. The molecular formula is C18H23FN2O4. The summed E-state index contributed by atoms with van der Waals surface area (Å²) < 4.78 is 13.4. The van der Waals surface area contributed by atoms with Gasteiger partial charge < -0.3 is 15.7 Å². The van der Waals surface area contributed by atoms with Gasteiger partial charge in [-0.1, -0.05) is 25.0 Å². The van der Waals surface area contributed by atoms with Gasteiger partial charge in [0.25, 0.3) is 0 Å². The number of benzene rings is 1. The maximum absolute atomic E-state index is 13.4. The van der Waals surface area contributed by atoms with Crippen molar-refractivity contribution in [3.05, 3.63) is 35.1 Å². The molecule has 6 nitrogen and oxygen atoms in total. The molecule has 0 bridgehead atoms. The second-order valence-electron chi connectivity index (χ2n) is 6.50. The number of carboxylic acids is 1. The lowest BCUT2D eigenvalue weighted by Gasteiger charge is -2.20. The summed E-state index contributed by atoms with van der Waals surface area (Å²) in [6.07, 6.45) is 3.63. The van der Waals surface area contributed by atoms with E-state index in [4.69, 9.17) is 0 Å². The lowest BCUT2D eigenvalue weighted by Crippen LogP contribution is -2.48. The number of hydrogen-bond donors (Lipinski definition) is 3. The van der Waals surface area contributed by atoms with Crippen LogP contribution in [0.15, 0.2) is 18.2 Å². The Morgan fingerprint density at radius 2 is 1.84 bits per heavy atom. The molecule has 0 aromatic heterocycles. The fourth-order valence-corrected chi connectivity index (χ4v) is 2.99. The summed E-state index contributed by atoms with van der Waals surface area (Å²) in [5.41, 5.74) is 0.564. The van der Waals surface area contributed by atoms with Gasteiger partial charge in [-0.3, -0.25) is 9.59 Å². The van der Waals surface area contributed by atoms with Crippen LogP contribution in [0.5, 0.6) is 0 Å². The van der Waals surface area contributed by atoms with E-state index in [0.717, 1.165) is 31.7 Å². The number of carbonyl (C=O) groups is 3. The highest BCUT2D eigenvalue weighted by Crippen LogP contribution is 2.24. The Morgan fingerprint density at radius 1 is 1.20 bits per heavy atom. The highest BCUT2D eigenvalue weighted by molar-refractivity contribution is 5.91. The summed E-state index contributed by atoms with van der Waals surface area (Å²) in [4.78, 5) is 35.8. The van der Waals surface area contributed by atoms with E-state index in [2.05, 4.69) is 10.6 Å². The quantitative estimate of drug-likeness (QED) is 0.732. The van der Waals surface area contributed by atoms with Crippen molar-refractivity contribution in [2.75, 3.05) is 0 Å². The standard InChI is InChI=1S/C18H23FN2O4/c1-10-9-13(7-8-14(10)19)15(18(24)25)21-16(22)11(2)20-17(23)12-5-3-4-6-12/h7-9,11-12,15H,3-6H2,1-2H3,(H,20,23)(H,21,22)(H,24,25). The zero-order chi connectivity index (χ0) is 18.6. The van der Waals surface area contributed by atoms with Crippen LogP contribution in [0.3, 0.4) is 0 Å². The normalized spacial score (nSPS) is 16.9. The first kappa shape index (κ1) is 18.9. The van der Waals surface area contributed by atoms with Gasteiger partial charge in [0.15, 0.2) is 6.04 Å². The second-order valence-corrected chi connectivity index (χ2v) is 6.50. The van der Waals surface area contributed by atoms with Crippen LogP contribution in [0.2, 0.25) is 0 Å². The predicted octanol–water partition coefficient (Wildman–Crippen LogP) is 2.07. The number of rotatable bonds is 6. The third-order valence-electron chi connectivity index (χ3n) is 4.53. The minimum Gasteiger partial charge on any atom is -0.479 e. The summed E-state index contributed by atoms with van der Waals surface area (Å²) >= 11 is 0. The lowest BCUT2D eigenvalue weighted by molar-refractivity contribution is -0.142. The van der Waals surface area contributed by atoms with E-state index in [0.29, 0.717) is 5.56 Å². The van der Waals surface area contributed by atoms with Gasteiger partial charge in [0, 0.05) is 5.92 Å². The molecule has 1 aliphatic carbocycles. The van der Waals surface area contributed by atoms with Crippen LogP contribution in [0.1, 0.15) is 49.8 Å². The molecule has 0 spiro atoms. The van der Waals surface area contributed by atoms with Crippen molar-refractivity contribution < 1.29 is 23.9 Å². The van der Waals surface area contributed by atoms with Crippen LogP contribution in [-0.2, 0) is 14.4 Å². The molecule has 1 saturated carbocycles. The topological polar surface area (TPSA) is 95.5 Å². The van der Waals surface area contributed by atoms with Gasteiger partial charge in [0.2, 0.25) is 11.8 Å². The molecule has 0 aliphatic heterocycles. The van der Waals surface area contributed by atoms with E-state index in [1.54, 1.807) is 0 Å². The number of halogens is 1. The Morgan fingerprint density at radius 3 is 2.40 bits per heavy atom. The molecule has 3 N–H and O–H groups in total. The van der Waals surface area contributed by atoms with Crippen LogP contribution >= 0.6 is 0 Å². The first-order valence-corrected chi connectivity index (χ1v) is 8.39. The Kier molecular flexibility index (Phi) is 6.12. The highest BCUT2D eigenvalue weighted by atomic mass is 19.1. The number of carboxylic acid groups (broad SMARTS) is 1. The van der Waals surface area contributed by atoms with Gasteiger partial charge in [-0.2, -0.15) is 0 Å². The predicted molar refractivity (Wildman–Crippen MR) is 89.2 cm³/mol. The van der Waals surface area contributed by atoms with Gasteiger partial charge in [0.1, 0.15) is 11.9 Å². The van der Waals surface area contributed by atoms with E-state index in [9.17, 15) is 23.9 Å². The van der Waals surface area contributed by atoms with Crippen molar-refractivity contribution in [2.45, 2.75) is 51.6 Å². The largest absolute Gasteiger partial charge is 0.479 e. The average molecular weight is 350 g/mol. The van der Waals surface area contributed by atoms with Gasteiger partial charge >= 0.3 is 5.97 Å².